The SMILES string of the molecule is Nc1nc(=O)c2ncn(C3OC(CO)C(O)C3O)c2n1P(=O)(O)O. The van der Waals surface area contributed by atoms with Gasteiger partial charge in [0.05, 0.1) is 12.9 Å². The lowest BCUT2D eigenvalue weighted by Crippen LogP contribution is -2.33. The molecule has 0 spiro atoms. The number of aliphatic hydroxyl groups excluding tert-OH is 3. The largest absolute Gasteiger partial charge is 0.438 e. The second-order valence-corrected chi connectivity index (χ2v) is 6.58. The third-order valence-corrected chi connectivity index (χ3v) is 4.57. The maximum absolute atomic E-state index is 11.8. The molecule has 4 atom stereocenters. The molecule has 1 aliphatic rings. The first-order valence-corrected chi connectivity index (χ1v) is 8.17. The molecular weight excluding hydrogens is 349 g/mol. The first-order chi connectivity index (χ1) is 11.2. The van der Waals surface area contributed by atoms with E-state index in [0.29, 0.717) is 0 Å². The summed E-state index contributed by atoms with van der Waals surface area (Å²) in [6.45, 7) is -0.601. The van der Waals surface area contributed by atoms with Gasteiger partial charge in [-0.15, -0.1) is 0 Å². The van der Waals surface area contributed by atoms with E-state index < -0.39 is 61.6 Å². The van der Waals surface area contributed by atoms with E-state index in [4.69, 9.17) is 15.6 Å². The van der Waals surface area contributed by atoms with Crippen LogP contribution in [0, 0.1) is 0 Å². The van der Waals surface area contributed by atoms with E-state index in [9.17, 15) is 29.4 Å². The van der Waals surface area contributed by atoms with Crippen LogP contribution < -0.4 is 11.3 Å². The van der Waals surface area contributed by atoms with Gasteiger partial charge in [0.2, 0.25) is 5.95 Å². The number of anilines is 1. The zero-order chi connectivity index (χ0) is 17.8. The van der Waals surface area contributed by atoms with Gasteiger partial charge < -0.3 is 35.6 Å². The standard InChI is InChI=1S/C10H14N5O8P/c11-10-13-7(19)4-8(15(10)24(20,21)22)14(2-12-4)9-6(18)5(17)3(1-16)23-9/h2-3,5-6,9,16-18H,1H2,(H2,11,13,19)(H2,20,21,22). The summed E-state index contributed by atoms with van der Waals surface area (Å²) in [5.41, 5.74) is 3.66. The molecule has 0 radical (unpaired) electrons. The van der Waals surface area contributed by atoms with Crippen LogP contribution in [0.5, 0.6) is 0 Å². The van der Waals surface area contributed by atoms with Gasteiger partial charge in [0.15, 0.2) is 17.4 Å². The van der Waals surface area contributed by atoms with Crippen molar-refractivity contribution >= 4 is 24.9 Å². The monoisotopic (exact) mass is 363 g/mol. The number of aromatic nitrogens is 4. The average Bonchev–Trinajstić information content (AvgIpc) is 3.01. The summed E-state index contributed by atoms with van der Waals surface area (Å²) in [7, 11) is -5.03. The van der Waals surface area contributed by atoms with E-state index in [2.05, 4.69) is 9.97 Å². The van der Waals surface area contributed by atoms with Gasteiger partial charge in [-0.25, -0.2) is 9.55 Å². The number of nitrogens with two attached hydrogens (primary N) is 1. The molecule has 3 heterocycles. The van der Waals surface area contributed by atoms with Gasteiger partial charge >= 0.3 is 13.3 Å². The third kappa shape index (κ3) is 2.43. The van der Waals surface area contributed by atoms with E-state index in [1.54, 1.807) is 0 Å². The Morgan fingerprint density at radius 2 is 2.00 bits per heavy atom. The molecule has 14 heteroatoms. The van der Waals surface area contributed by atoms with E-state index in [-0.39, 0.29) is 4.34 Å². The van der Waals surface area contributed by atoms with E-state index >= 15 is 0 Å². The van der Waals surface area contributed by atoms with Crippen molar-refractivity contribution in [3.8, 4) is 0 Å². The van der Waals surface area contributed by atoms with Crippen molar-refractivity contribution in [2.24, 2.45) is 0 Å². The molecule has 0 amide bonds. The van der Waals surface area contributed by atoms with Gasteiger partial charge in [0.1, 0.15) is 18.3 Å². The van der Waals surface area contributed by atoms with Crippen molar-refractivity contribution < 1.29 is 34.4 Å². The zero-order valence-corrected chi connectivity index (χ0v) is 12.8. The number of fused-ring (bicyclic) bond motifs is 1. The number of ether oxygens (including phenoxy) is 1. The van der Waals surface area contributed by atoms with Gasteiger partial charge in [-0.2, -0.15) is 9.32 Å². The fourth-order valence-electron chi connectivity index (χ4n) is 2.58. The van der Waals surface area contributed by atoms with Gasteiger partial charge in [0.25, 0.3) is 0 Å². The minimum Gasteiger partial charge on any atom is -0.394 e. The number of hydrogen-bond donors (Lipinski definition) is 6. The fraction of sp³-hybridized carbons (Fsp3) is 0.500. The molecular formula is C10H14N5O8P. The second-order valence-electron chi connectivity index (χ2n) is 5.15. The van der Waals surface area contributed by atoms with Gasteiger partial charge in [-0.05, 0) is 0 Å². The highest BCUT2D eigenvalue weighted by atomic mass is 31.2. The number of nitrogens with zero attached hydrogens (tertiary/aromatic N) is 4. The first-order valence-electron chi connectivity index (χ1n) is 6.60. The molecule has 7 N–H and O–H groups in total. The van der Waals surface area contributed by atoms with Crippen LogP contribution in [0.3, 0.4) is 0 Å². The normalized spacial score (nSPS) is 27.9. The summed E-state index contributed by atoms with van der Waals surface area (Å²) in [4.78, 5) is 37.8. The molecule has 2 aromatic rings. The summed E-state index contributed by atoms with van der Waals surface area (Å²) in [6, 6.07) is 0. The Kier molecular flexibility index (Phi) is 3.96. The lowest BCUT2D eigenvalue weighted by molar-refractivity contribution is -0.0512. The van der Waals surface area contributed by atoms with Crippen LogP contribution in [0.15, 0.2) is 11.1 Å². The average molecular weight is 363 g/mol. The highest BCUT2D eigenvalue weighted by Crippen LogP contribution is 2.42. The molecule has 1 aliphatic heterocycles. The Morgan fingerprint density at radius 1 is 1.33 bits per heavy atom. The summed E-state index contributed by atoms with van der Waals surface area (Å²) in [5, 5.41) is 29.0. The topological polar surface area (TPSA) is 206 Å². The number of hydrogen-bond acceptors (Lipinski definition) is 9. The number of imidazole rings is 1. The van der Waals surface area contributed by atoms with Crippen LogP contribution in [-0.4, -0.2) is 68.9 Å². The molecule has 0 aromatic carbocycles. The summed E-state index contributed by atoms with van der Waals surface area (Å²) >= 11 is 0. The fourth-order valence-corrected chi connectivity index (χ4v) is 3.34. The number of rotatable bonds is 3. The molecule has 0 bridgehead atoms. The Balaban J connectivity index is 2.28. The van der Waals surface area contributed by atoms with Gasteiger partial charge in [-0.3, -0.25) is 9.36 Å². The maximum Gasteiger partial charge on any atom is 0.438 e. The molecule has 1 fully saturated rings. The number of aliphatic hydroxyl groups is 3. The molecule has 13 nitrogen and oxygen atoms in total. The molecule has 24 heavy (non-hydrogen) atoms. The van der Waals surface area contributed by atoms with Crippen LogP contribution in [-0.2, 0) is 9.30 Å². The van der Waals surface area contributed by atoms with Crippen molar-refractivity contribution in [2.45, 2.75) is 24.5 Å². The Labute approximate surface area is 132 Å². The maximum atomic E-state index is 11.8. The Morgan fingerprint density at radius 3 is 2.54 bits per heavy atom. The Hall–Kier alpha value is -1.86. The van der Waals surface area contributed by atoms with Crippen LogP contribution >= 0.6 is 7.75 Å². The van der Waals surface area contributed by atoms with Crippen LogP contribution in [0.2, 0.25) is 0 Å². The van der Waals surface area contributed by atoms with Crippen molar-refractivity contribution in [1.82, 2.24) is 18.9 Å². The van der Waals surface area contributed by atoms with Gasteiger partial charge in [0, 0.05) is 0 Å². The molecule has 2 aromatic heterocycles. The van der Waals surface area contributed by atoms with E-state index in [1.165, 1.54) is 0 Å². The first kappa shape index (κ1) is 17.0. The molecule has 1 saturated heterocycles. The quantitative estimate of drug-likeness (QED) is 0.298. The minimum atomic E-state index is -5.03. The predicted octanol–water partition coefficient (Wildman–Crippen LogP) is -3.27. The summed E-state index contributed by atoms with van der Waals surface area (Å²) in [6.07, 6.45) is -4.50. The van der Waals surface area contributed by atoms with Gasteiger partial charge in [-0.1, -0.05) is 0 Å². The molecule has 0 saturated carbocycles. The van der Waals surface area contributed by atoms with E-state index in [1.807, 2.05) is 0 Å². The van der Waals surface area contributed by atoms with Crippen LogP contribution in [0.25, 0.3) is 11.2 Å². The lowest BCUT2D eigenvalue weighted by atomic mass is 10.1. The third-order valence-electron chi connectivity index (χ3n) is 3.66. The molecule has 132 valence electrons. The predicted molar refractivity (Wildman–Crippen MR) is 76.7 cm³/mol. The molecule has 0 aliphatic carbocycles. The smallest absolute Gasteiger partial charge is 0.394 e. The van der Waals surface area contributed by atoms with Crippen molar-refractivity contribution in [3.63, 3.8) is 0 Å². The highest BCUT2D eigenvalue weighted by molar-refractivity contribution is 7.50. The Bertz CT molecular complexity index is 889. The second kappa shape index (κ2) is 5.60. The van der Waals surface area contributed by atoms with Crippen molar-refractivity contribution in [2.75, 3.05) is 12.3 Å². The van der Waals surface area contributed by atoms with Crippen LogP contribution in [0.1, 0.15) is 6.23 Å². The summed E-state index contributed by atoms with van der Waals surface area (Å²) in [5.74, 6) is -0.755. The molecule has 3 rings (SSSR count). The van der Waals surface area contributed by atoms with Crippen LogP contribution in [0.4, 0.5) is 5.95 Å². The van der Waals surface area contributed by atoms with Crippen molar-refractivity contribution in [3.05, 3.63) is 16.7 Å². The highest BCUT2D eigenvalue weighted by Gasteiger charge is 2.44. The summed E-state index contributed by atoms with van der Waals surface area (Å²) < 4.78 is 18.2. The minimum absolute atomic E-state index is 0.283. The van der Waals surface area contributed by atoms with Crippen molar-refractivity contribution in [1.29, 1.82) is 0 Å². The number of nitrogen functional groups attached to an aromatic ring is 1. The molecule has 4 unspecified atom stereocenters. The lowest BCUT2D eigenvalue weighted by Gasteiger charge is -2.20. The van der Waals surface area contributed by atoms with E-state index in [0.717, 1.165) is 10.9 Å². The zero-order valence-electron chi connectivity index (χ0n) is 11.9.